The van der Waals surface area contributed by atoms with Crippen LogP contribution in [0.1, 0.15) is 17.3 Å². The second-order valence-corrected chi connectivity index (χ2v) is 4.52. The first-order valence-electron chi connectivity index (χ1n) is 6.34. The molecule has 0 unspecified atom stereocenters. The molecule has 1 amide bonds. The first kappa shape index (κ1) is 15.8. The molecule has 0 atom stereocenters. The van der Waals surface area contributed by atoms with Crippen molar-refractivity contribution in [3.63, 3.8) is 0 Å². The summed E-state index contributed by atoms with van der Waals surface area (Å²) in [6.07, 6.45) is -0.788. The number of halogens is 1. The predicted molar refractivity (Wildman–Crippen MR) is 78.9 cm³/mol. The number of hydrogen-bond acceptors (Lipinski definition) is 6. The summed E-state index contributed by atoms with van der Waals surface area (Å²) < 4.78 is 14.5. The minimum atomic E-state index is -0.788. The van der Waals surface area contributed by atoms with Crippen LogP contribution in [0.3, 0.4) is 0 Å². The number of rotatable bonds is 4. The monoisotopic (exact) mass is 324 g/mol. The number of nitrogens with one attached hydrogen (secondary N) is 1. The van der Waals surface area contributed by atoms with Crippen molar-refractivity contribution in [1.29, 1.82) is 0 Å². The molecule has 1 N–H and O–H groups in total. The van der Waals surface area contributed by atoms with Crippen LogP contribution in [0.2, 0.25) is 5.02 Å². The number of nitrogens with zero attached hydrogens (tertiary/aromatic N) is 1. The topological polar surface area (TPSA) is 90.7 Å². The van der Waals surface area contributed by atoms with Crippen molar-refractivity contribution in [3.05, 3.63) is 34.9 Å². The van der Waals surface area contributed by atoms with Gasteiger partial charge in [0.2, 0.25) is 5.88 Å². The minimum Gasteiger partial charge on any atom is -0.462 e. The van der Waals surface area contributed by atoms with Gasteiger partial charge in [0.05, 0.1) is 13.7 Å². The molecule has 2 aromatic rings. The van der Waals surface area contributed by atoms with Gasteiger partial charge in [-0.2, -0.15) is 0 Å². The van der Waals surface area contributed by atoms with E-state index in [-0.39, 0.29) is 23.7 Å². The lowest BCUT2D eigenvalue weighted by Gasteiger charge is -2.05. The van der Waals surface area contributed by atoms with Gasteiger partial charge >= 0.3 is 12.1 Å². The van der Waals surface area contributed by atoms with Gasteiger partial charge in [-0.3, -0.25) is 5.32 Å². The highest BCUT2D eigenvalue weighted by Crippen LogP contribution is 2.30. The number of benzene rings is 1. The van der Waals surface area contributed by atoms with E-state index in [0.717, 1.165) is 0 Å². The maximum absolute atomic E-state index is 12.1. The summed E-state index contributed by atoms with van der Waals surface area (Å²) in [6, 6.07) is 6.64. The van der Waals surface area contributed by atoms with E-state index in [2.05, 4.69) is 15.2 Å². The zero-order chi connectivity index (χ0) is 16.1. The fourth-order valence-electron chi connectivity index (χ4n) is 1.72. The minimum absolute atomic E-state index is 0.00886. The average Bonchev–Trinajstić information content (AvgIpc) is 2.91. The SMILES string of the molecule is CCOC(=O)c1c(-c2ccc(Cl)cc2)noc1NC(=O)OC. The van der Waals surface area contributed by atoms with Crippen LogP contribution in [0.25, 0.3) is 11.3 Å². The van der Waals surface area contributed by atoms with E-state index in [1.54, 1.807) is 31.2 Å². The van der Waals surface area contributed by atoms with E-state index in [1.165, 1.54) is 7.11 Å². The molecular formula is C14H13ClN2O5. The first-order chi connectivity index (χ1) is 10.6. The maximum atomic E-state index is 12.1. The molecule has 116 valence electrons. The molecule has 8 heteroatoms. The van der Waals surface area contributed by atoms with Crippen molar-refractivity contribution >= 4 is 29.5 Å². The third-order valence-corrected chi connectivity index (χ3v) is 2.94. The molecular weight excluding hydrogens is 312 g/mol. The number of carbonyl (C=O) groups excluding carboxylic acids is 2. The normalized spacial score (nSPS) is 10.1. The van der Waals surface area contributed by atoms with E-state index >= 15 is 0 Å². The Hall–Kier alpha value is -2.54. The molecule has 0 spiro atoms. The zero-order valence-electron chi connectivity index (χ0n) is 11.9. The molecule has 0 aliphatic carbocycles. The second kappa shape index (κ2) is 6.95. The second-order valence-electron chi connectivity index (χ2n) is 4.08. The molecule has 7 nitrogen and oxygen atoms in total. The lowest BCUT2D eigenvalue weighted by molar-refractivity contribution is 0.0528. The van der Waals surface area contributed by atoms with Crippen LogP contribution in [-0.4, -0.2) is 30.9 Å². The molecule has 1 aromatic heterocycles. The number of carbonyl (C=O) groups is 2. The summed E-state index contributed by atoms with van der Waals surface area (Å²) in [4.78, 5) is 23.4. The highest BCUT2D eigenvalue weighted by Gasteiger charge is 2.26. The summed E-state index contributed by atoms with van der Waals surface area (Å²) in [6.45, 7) is 1.84. The van der Waals surface area contributed by atoms with E-state index in [1.807, 2.05) is 0 Å². The summed E-state index contributed by atoms with van der Waals surface area (Å²) in [5.41, 5.74) is 0.838. The molecule has 1 aromatic carbocycles. The third-order valence-electron chi connectivity index (χ3n) is 2.69. The van der Waals surface area contributed by atoms with Gasteiger partial charge in [0.25, 0.3) is 0 Å². The molecule has 0 saturated heterocycles. The molecule has 0 aliphatic heterocycles. The fraction of sp³-hybridized carbons (Fsp3) is 0.214. The highest BCUT2D eigenvalue weighted by atomic mass is 35.5. The lowest BCUT2D eigenvalue weighted by atomic mass is 10.1. The molecule has 0 bridgehead atoms. The van der Waals surface area contributed by atoms with Gasteiger partial charge in [0.1, 0.15) is 5.69 Å². The average molecular weight is 325 g/mol. The highest BCUT2D eigenvalue weighted by molar-refractivity contribution is 6.30. The Morgan fingerprint density at radius 3 is 2.59 bits per heavy atom. The number of hydrogen-bond donors (Lipinski definition) is 1. The van der Waals surface area contributed by atoms with Crippen molar-refractivity contribution in [2.45, 2.75) is 6.92 Å². The van der Waals surface area contributed by atoms with Crippen molar-refractivity contribution in [2.24, 2.45) is 0 Å². The molecule has 0 saturated carbocycles. The number of anilines is 1. The summed E-state index contributed by atoms with van der Waals surface area (Å²) in [5.74, 6) is -0.810. The summed E-state index contributed by atoms with van der Waals surface area (Å²) in [5, 5.41) is 6.64. The van der Waals surface area contributed by atoms with Gasteiger partial charge in [-0.25, -0.2) is 9.59 Å². The number of amides is 1. The Morgan fingerprint density at radius 2 is 2.00 bits per heavy atom. The predicted octanol–water partition coefficient (Wildman–Crippen LogP) is 3.35. The molecule has 1 heterocycles. The van der Waals surface area contributed by atoms with Gasteiger partial charge in [-0.15, -0.1) is 0 Å². The van der Waals surface area contributed by atoms with Gasteiger partial charge in [-0.1, -0.05) is 28.9 Å². The van der Waals surface area contributed by atoms with Crippen LogP contribution >= 0.6 is 11.6 Å². The number of ether oxygens (including phenoxy) is 2. The van der Waals surface area contributed by atoms with Crippen molar-refractivity contribution in [1.82, 2.24) is 5.16 Å². The number of esters is 1. The van der Waals surface area contributed by atoms with Crippen LogP contribution < -0.4 is 5.32 Å². The van der Waals surface area contributed by atoms with Crippen LogP contribution in [-0.2, 0) is 9.47 Å². The smallest absolute Gasteiger partial charge is 0.413 e. The molecule has 0 radical (unpaired) electrons. The van der Waals surface area contributed by atoms with Crippen molar-refractivity contribution in [2.75, 3.05) is 19.0 Å². The zero-order valence-corrected chi connectivity index (χ0v) is 12.6. The Kier molecular flexibility index (Phi) is 5.00. The number of methoxy groups -OCH3 is 1. The maximum Gasteiger partial charge on any atom is 0.413 e. The molecule has 22 heavy (non-hydrogen) atoms. The van der Waals surface area contributed by atoms with E-state index < -0.39 is 12.1 Å². The van der Waals surface area contributed by atoms with Crippen molar-refractivity contribution in [3.8, 4) is 11.3 Å². The fourth-order valence-corrected chi connectivity index (χ4v) is 1.84. The van der Waals surface area contributed by atoms with Crippen LogP contribution in [0.15, 0.2) is 28.8 Å². The van der Waals surface area contributed by atoms with E-state index in [4.69, 9.17) is 20.9 Å². The third kappa shape index (κ3) is 3.37. The summed E-state index contributed by atoms with van der Waals surface area (Å²) >= 11 is 5.84. The van der Waals surface area contributed by atoms with Gasteiger partial charge in [-0.05, 0) is 19.1 Å². The Morgan fingerprint density at radius 1 is 1.32 bits per heavy atom. The van der Waals surface area contributed by atoms with Crippen LogP contribution in [0, 0.1) is 0 Å². The molecule has 0 aliphatic rings. The van der Waals surface area contributed by atoms with Gasteiger partial charge in [0.15, 0.2) is 5.56 Å². The van der Waals surface area contributed by atoms with Crippen LogP contribution in [0.5, 0.6) is 0 Å². The standard InChI is InChI=1S/C14H13ClN2O5/c1-3-21-13(18)10-11(8-4-6-9(15)7-5-8)17-22-12(10)16-14(19)20-2/h4-7H,3H2,1-2H3,(H,16,19). The van der Waals surface area contributed by atoms with E-state index in [9.17, 15) is 9.59 Å². The largest absolute Gasteiger partial charge is 0.462 e. The van der Waals surface area contributed by atoms with Gasteiger partial charge in [0, 0.05) is 10.6 Å². The Bertz CT molecular complexity index is 681. The first-order valence-corrected chi connectivity index (χ1v) is 6.72. The molecule has 2 rings (SSSR count). The Balaban J connectivity index is 2.47. The van der Waals surface area contributed by atoms with E-state index in [0.29, 0.717) is 10.6 Å². The lowest BCUT2D eigenvalue weighted by Crippen LogP contribution is -2.14. The van der Waals surface area contributed by atoms with Gasteiger partial charge < -0.3 is 14.0 Å². The molecule has 0 fully saturated rings. The van der Waals surface area contributed by atoms with Crippen LogP contribution in [0.4, 0.5) is 10.7 Å². The summed E-state index contributed by atoms with van der Waals surface area (Å²) in [7, 11) is 1.19. The van der Waals surface area contributed by atoms with Crippen molar-refractivity contribution < 1.29 is 23.6 Å². The quantitative estimate of drug-likeness (QED) is 0.867. The Labute approximate surface area is 131 Å². The number of aromatic nitrogens is 1.